The Morgan fingerprint density at radius 3 is 2.60 bits per heavy atom. The van der Waals surface area contributed by atoms with Crippen LogP contribution in [0.5, 0.6) is 0 Å². The zero-order valence-electron chi connectivity index (χ0n) is 11.1. The Hall–Kier alpha value is -1.59. The molecule has 0 spiro atoms. The Balaban J connectivity index is 2.48. The molecule has 1 aromatic rings. The fourth-order valence-corrected chi connectivity index (χ4v) is 1.80. The quantitative estimate of drug-likeness (QED) is 0.497. The zero-order chi connectivity index (χ0) is 15.1. The third-order valence-electron chi connectivity index (χ3n) is 2.13. The summed E-state index contributed by atoms with van der Waals surface area (Å²) in [6.45, 7) is 3.63. The van der Waals surface area contributed by atoms with E-state index in [2.05, 4.69) is 15.8 Å². The molecule has 0 aliphatic carbocycles. The third-order valence-corrected chi connectivity index (χ3v) is 2.69. The molecule has 1 rings (SSSR count). The molecule has 0 heterocycles. The molecule has 0 aliphatic rings. The average Bonchev–Trinajstić information content (AvgIpc) is 2.30. The van der Waals surface area contributed by atoms with Crippen LogP contribution in [-0.2, 0) is 9.59 Å². The van der Waals surface area contributed by atoms with Gasteiger partial charge in [0.15, 0.2) is 0 Å². The van der Waals surface area contributed by atoms with Crippen molar-refractivity contribution in [3.05, 3.63) is 33.8 Å². The standard InChI is InChI=1S/C13H15Cl2N3O2/c1-8(2)17-12(19)6-13(20)18-16-7-9-3-4-10(14)5-11(9)15/h3-5,7-8H,6H2,1-2H3,(H,17,19)(H,18,20)/b16-7-. The minimum absolute atomic E-state index is 0.00771. The van der Waals surface area contributed by atoms with Crippen LogP contribution in [0.15, 0.2) is 23.3 Å². The van der Waals surface area contributed by atoms with Crippen LogP contribution in [0.25, 0.3) is 0 Å². The van der Waals surface area contributed by atoms with Crippen LogP contribution < -0.4 is 10.7 Å². The number of hydrogen-bond acceptors (Lipinski definition) is 3. The van der Waals surface area contributed by atoms with E-state index in [9.17, 15) is 9.59 Å². The first kappa shape index (κ1) is 16.5. The van der Waals surface area contributed by atoms with Crippen molar-refractivity contribution in [2.45, 2.75) is 26.3 Å². The highest BCUT2D eigenvalue weighted by Crippen LogP contribution is 2.19. The molecule has 7 heteroatoms. The number of rotatable bonds is 5. The fourth-order valence-electron chi connectivity index (χ4n) is 1.34. The molecule has 0 aliphatic heterocycles. The highest BCUT2D eigenvalue weighted by molar-refractivity contribution is 6.36. The Labute approximate surface area is 127 Å². The van der Waals surface area contributed by atoms with Crippen molar-refractivity contribution in [1.29, 1.82) is 0 Å². The molecule has 0 bridgehead atoms. The van der Waals surface area contributed by atoms with Crippen molar-refractivity contribution >= 4 is 41.2 Å². The highest BCUT2D eigenvalue weighted by Gasteiger charge is 2.09. The number of carbonyl (C=O) groups is 2. The number of benzene rings is 1. The van der Waals surface area contributed by atoms with Crippen molar-refractivity contribution in [2.75, 3.05) is 0 Å². The average molecular weight is 316 g/mol. The van der Waals surface area contributed by atoms with E-state index >= 15 is 0 Å². The summed E-state index contributed by atoms with van der Waals surface area (Å²) in [4.78, 5) is 22.8. The molecule has 0 saturated carbocycles. The summed E-state index contributed by atoms with van der Waals surface area (Å²) >= 11 is 11.7. The van der Waals surface area contributed by atoms with Gasteiger partial charge in [0, 0.05) is 16.6 Å². The molecule has 2 amide bonds. The number of carbonyl (C=O) groups excluding carboxylic acids is 2. The molecule has 5 nitrogen and oxygen atoms in total. The van der Waals surface area contributed by atoms with Crippen LogP contribution in [0.1, 0.15) is 25.8 Å². The van der Waals surface area contributed by atoms with Gasteiger partial charge >= 0.3 is 0 Å². The van der Waals surface area contributed by atoms with E-state index in [0.29, 0.717) is 15.6 Å². The molecule has 108 valence electrons. The minimum Gasteiger partial charge on any atom is -0.353 e. The largest absolute Gasteiger partial charge is 0.353 e. The normalized spacial score (nSPS) is 10.8. The van der Waals surface area contributed by atoms with E-state index in [-0.39, 0.29) is 18.4 Å². The molecule has 0 radical (unpaired) electrons. The second kappa shape index (κ2) is 7.87. The molecule has 0 atom stereocenters. The summed E-state index contributed by atoms with van der Waals surface area (Å²) in [6, 6.07) is 4.90. The maximum atomic E-state index is 11.4. The molecule has 2 N–H and O–H groups in total. The van der Waals surface area contributed by atoms with Crippen molar-refractivity contribution in [2.24, 2.45) is 5.10 Å². The predicted octanol–water partition coefficient (Wildman–Crippen LogP) is 2.36. The molecular formula is C13H15Cl2N3O2. The lowest BCUT2D eigenvalue weighted by molar-refractivity contribution is -0.129. The second-order valence-corrected chi connectivity index (χ2v) is 5.20. The summed E-state index contributed by atoms with van der Waals surface area (Å²) in [5.41, 5.74) is 2.87. The van der Waals surface area contributed by atoms with E-state index in [0.717, 1.165) is 0 Å². The smallest absolute Gasteiger partial charge is 0.249 e. The molecule has 20 heavy (non-hydrogen) atoms. The summed E-state index contributed by atoms with van der Waals surface area (Å²) in [6.07, 6.45) is 1.11. The lowest BCUT2D eigenvalue weighted by atomic mass is 10.2. The van der Waals surface area contributed by atoms with Gasteiger partial charge in [-0.2, -0.15) is 5.10 Å². The summed E-state index contributed by atoms with van der Waals surface area (Å²) in [5.74, 6) is -0.846. The van der Waals surface area contributed by atoms with Crippen molar-refractivity contribution in [3.8, 4) is 0 Å². The van der Waals surface area contributed by atoms with Gasteiger partial charge in [-0.25, -0.2) is 5.43 Å². The molecule has 1 aromatic carbocycles. The first-order valence-corrected chi connectivity index (χ1v) is 6.70. The van der Waals surface area contributed by atoms with Crippen LogP contribution in [0.2, 0.25) is 10.0 Å². The maximum absolute atomic E-state index is 11.4. The van der Waals surface area contributed by atoms with E-state index < -0.39 is 5.91 Å². The van der Waals surface area contributed by atoms with Crippen LogP contribution in [0.3, 0.4) is 0 Å². The van der Waals surface area contributed by atoms with Gasteiger partial charge in [0.2, 0.25) is 11.8 Å². The molecule has 0 aromatic heterocycles. The van der Waals surface area contributed by atoms with Crippen molar-refractivity contribution < 1.29 is 9.59 Å². The summed E-state index contributed by atoms with van der Waals surface area (Å²) in [7, 11) is 0. The van der Waals surface area contributed by atoms with Gasteiger partial charge < -0.3 is 5.32 Å². The molecule has 0 saturated heterocycles. The Morgan fingerprint density at radius 2 is 2.00 bits per heavy atom. The zero-order valence-corrected chi connectivity index (χ0v) is 12.6. The van der Waals surface area contributed by atoms with Crippen LogP contribution >= 0.6 is 23.2 Å². The number of nitrogens with one attached hydrogen (secondary N) is 2. The lowest BCUT2D eigenvalue weighted by Crippen LogP contribution is -2.34. The SMILES string of the molecule is CC(C)NC(=O)CC(=O)N/N=C\c1ccc(Cl)cc1Cl. The highest BCUT2D eigenvalue weighted by atomic mass is 35.5. The number of nitrogens with zero attached hydrogens (tertiary/aromatic N) is 1. The Kier molecular flexibility index (Phi) is 6.48. The number of amides is 2. The molecule has 0 unspecified atom stereocenters. The van der Waals surface area contributed by atoms with Crippen molar-refractivity contribution in [3.63, 3.8) is 0 Å². The molecular weight excluding hydrogens is 301 g/mol. The van der Waals surface area contributed by atoms with Gasteiger partial charge in [-0.05, 0) is 26.0 Å². The van der Waals surface area contributed by atoms with Crippen molar-refractivity contribution in [1.82, 2.24) is 10.7 Å². The van der Waals surface area contributed by atoms with Gasteiger partial charge in [0.25, 0.3) is 0 Å². The first-order chi connectivity index (χ1) is 9.38. The number of halogens is 2. The van der Waals surface area contributed by atoms with E-state index in [4.69, 9.17) is 23.2 Å². The van der Waals surface area contributed by atoms with E-state index in [1.807, 2.05) is 13.8 Å². The predicted molar refractivity (Wildman–Crippen MR) is 80.1 cm³/mol. The van der Waals surface area contributed by atoms with Gasteiger partial charge in [0.1, 0.15) is 6.42 Å². The minimum atomic E-state index is -0.496. The monoisotopic (exact) mass is 315 g/mol. The Morgan fingerprint density at radius 1 is 1.30 bits per heavy atom. The lowest BCUT2D eigenvalue weighted by Gasteiger charge is -2.06. The first-order valence-electron chi connectivity index (χ1n) is 5.95. The second-order valence-electron chi connectivity index (χ2n) is 4.36. The van der Waals surface area contributed by atoms with Gasteiger partial charge in [-0.1, -0.05) is 29.3 Å². The van der Waals surface area contributed by atoms with Gasteiger partial charge in [0.05, 0.1) is 11.2 Å². The summed E-state index contributed by atoms with van der Waals surface area (Å²) in [5, 5.41) is 7.28. The van der Waals surface area contributed by atoms with Crippen LogP contribution in [0, 0.1) is 0 Å². The van der Waals surface area contributed by atoms with Crippen LogP contribution in [0.4, 0.5) is 0 Å². The molecule has 0 fully saturated rings. The van der Waals surface area contributed by atoms with E-state index in [1.165, 1.54) is 6.21 Å². The topological polar surface area (TPSA) is 70.6 Å². The Bertz CT molecular complexity index is 530. The van der Waals surface area contributed by atoms with E-state index in [1.54, 1.807) is 18.2 Å². The number of hydrazone groups is 1. The third kappa shape index (κ3) is 6.04. The number of hydrogen-bond donors (Lipinski definition) is 2. The van der Waals surface area contributed by atoms with Crippen LogP contribution in [-0.4, -0.2) is 24.1 Å². The fraction of sp³-hybridized carbons (Fsp3) is 0.308. The van der Waals surface area contributed by atoms with Gasteiger partial charge in [-0.3, -0.25) is 9.59 Å². The van der Waals surface area contributed by atoms with Gasteiger partial charge in [-0.15, -0.1) is 0 Å². The maximum Gasteiger partial charge on any atom is 0.249 e. The summed E-state index contributed by atoms with van der Waals surface area (Å²) < 4.78 is 0.